The van der Waals surface area contributed by atoms with E-state index in [-0.39, 0.29) is 23.2 Å². The Hall–Kier alpha value is -3.82. The summed E-state index contributed by atoms with van der Waals surface area (Å²) in [4.78, 5) is 30.3. The minimum Gasteiger partial charge on any atom is -0.334 e. The molecule has 2 heterocycles. The van der Waals surface area contributed by atoms with Crippen LogP contribution in [0.1, 0.15) is 18.3 Å². The van der Waals surface area contributed by atoms with Gasteiger partial charge < -0.3 is 10.6 Å². The Morgan fingerprint density at radius 2 is 1.81 bits per heavy atom. The molecule has 3 aromatic rings. The molecule has 0 aliphatic heterocycles. The van der Waals surface area contributed by atoms with Crippen LogP contribution < -0.4 is 10.6 Å². The number of carbonyl (C=O) groups is 1. The first-order valence-corrected chi connectivity index (χ1v) is 8.03. The number of anilines is 3. The zero-order chi connectivity index (χ0) is 19.6. The molecule has 0 aliphatic carbocycles. The lowest BCUT2D eigenvalue weighted by molar-refractivity contribution is -0.384. The van der Waals surface area contributed by atoms with E-state index >= 15 is 0 Å². The van der Waals surface area contributed by atoms with Gasteiger partial charge in [-0.3, -0.25) is 14.9 Å². The van der Waals surface area contributed by atoms with Gasteiger partial charge in [-0.1, -0.05) is 0 Å². The van der Waals surface area contributed by atoms with E-state index in [0.717, 1.165) is 11.4 Å². The molecule has 0 radical (unpaired) electrons. The van der Waals surface area contributed by atoms with Crippen LogP contribution in [-0.4, -0.2) is 30.6 Å². The van der Waals surface area contributed by atoms with Gasteiger partial charge in [0, 0.05) is 24.0 Å². The number of benzene rings is 1. The average Bonchev–Trinajstić information content (AvgIpc) is 2.94. The fourth-order valence-corrected chi connectivity index (χ4v) is 2.60. The number of nitrogens with one attached hydrogen (secondary N) is 2. The first kappa shape index (κ1) is 18.0. The summed E-state index contributed by atoms with van der Waals surface area (Å²) in [5.41, 5.74) is 2.36. The second kappa shape index (κ2) is 7.20. The zero-order valence-corrected chi connectivity index (χ0v) is 14.9. The van der Waals surface area contributed by atoms with Crippen molar-refractivity contribution in [2.75, 3.05) is 10.6 Å². The number of nitrogens with zero attached hydrogens (tertiary/aromatic N) is 5. The lowest BCUT2D eigenvalue weighted by atomic mass is 10.2. The monoisotopic (exact) mass is 367 g/mol. The Morgan fingerprint density at radius 1 is 1.15 bits per heavy atom. The molecule has 0 bridgehead atoms. The van der Waals surface area contributed by atoms with E-state index in [9.17, 15) is 14.9 Å². The summed E-state index contributed by atoms with van der Waals surface area (Å²) in [6, 6.07) is 8.53. The van der Waals surface area contributed by atoms with Gasteiger partial charge in [-0.05, 0) is 44.2 Å². The van der Waals surface area contributed by atoms with Crippen LogP contribution >= 0.6 is 0 Å². The fraction of sp³-hybridized carbons (Fsp3) is 0.176. The lowest BCUT2D eigenvalue weighted by Crippen LogP contribution is -2.10. The van der Waals surface area contributed by atoms with Crippen molar-refractivity contribution in [3.05, 3.63) is 58.2 Å². The maximum Gasteiger partial charge on any atom is 0.355 e. The SMILES string of the molecule is CC(=O)Nc1ccc(Nc2ncnc(-n3nc(C)cc3C)c2[N+](=O)[O-])cc1. The molecule has 10 nitrogen and oxygen atoms in total. The van der Waals surface area contributed by atoms with Gasteiger partial charge in [-0.25, -0.2) is 14.6 Å². The maximum atomic E-state index is 11.7. The quantitative estimate of drug-likeness (QED) is 0.524. The molecule has 1 aromatic carbocycles. The normalized spacial score (nSPS) is 10.5. The molecular weight excluding hydrogens is 350 g/mol. The highest BCUT2D eigenvalue weighted by atomic mass is 16.6. The van der Waals surface area contributed by atoms with Crippen LogP contribution in [0.3, 0.4) is 0 Å². The van der Waals surface area contributed by atoms with Gasteiger partial charge in [0.15, 0.2) is 0 Å². The Labute approximate surface area is 154 Å². The predicted octanol–water partition coefficient (Wildman–Crippen LogP) is 2.89. The van der Waals surface area contributed by atoms with E-state index in [4.69, 9.17) is 0 Å². The standard InChI is InChI=1S/C17H17N7O3/c1-10-8-11(2)23(22-10)17-15(24(26)27)16(18-9-19-17)21-14-6-4-13(5-7-14)20-12(3)25/h4-9H,1-3H3,(H,20,25)(H,18,19,21). The van der Waals surface area contributed by atoms with Crippen LogP contribution in [0.4, 0.5) is 22.9 Å². The van der Waals surface area contributed by atoms with Gasteiger partial charge >= 0.3 is 5.69 Å². The van der Waals surface area contributed by atoms with Gasteiger partial charge in [-0.15, -0.1) is 0 Å². The highest BCUT2D eigenvalue weighted by molar-refractivity contribution is 5.88. The van der Waals surface area contributed by atoms with E-state index in [0.29, 0.717) is 11.4 Å². The summed E-state index contributed by atoms with van der Waals surface area (Å²) >= 11 is 0. The van der Waals surface area contributed by atoms with Crippen LogP contribution in [0.15, 0.2) is 36.7 Å². The van der Waals surface area contributed by atoms with E-state index in [1.54, 1.807) is 44.2 Å². The fourth-order valence-electron chi connectivity index (χ4n) is 2.60. The number of aromatic nitrogens is 4. The van der Waals surface area contributed by atoms with Crippen LogP contribution in [0.2, 0.25) is 0 Å². The topological polar surface area (TPSA) is 128 Å². The largest absolute Gasteiger partial charge is 0.355 e. The molecule has 1 amide bonds. The van der Waals surface area contributed by atoms with Gasteiger partial charge in [0.2, 0.25) is 17.5 Å². The Morgan fingerprint density at radius 3 is 2.37 bits per heavy atom. The van der Waals surface area contributed by atoms with Crippen molar-refractivity contribution in [1.29, 1.82) is 0 Å². The number of amides is 1. The molecule has 138 valence electrons. The van der Waals surface area contributed by atoms with Crippen molar-refractivity contribution < 1.29 is 9.72 Å². The second-order valence-electron chi connectivity index (χ2n) is 5.87. The summed E-state index contributed by atoms with van der Waals surface area (Å²) in [6.07, 6.45) is 1.24. The summed E-state index contributed by atoms with van der Waals surface area (Å²) in [6.45, 7) is 5.00. The predicted molar refractivity (Wildman–Crippen MR) is 99.3 cm³/mol. The minimum absolute atomic E-state index is 0.0461. The molecule has 0 spiro atoms. The van der Waals surface area contributed by atoms with Crippen LogP contribution in [-0.2, 0) is 4.79 Å². The highest BCUT2D eigenvalue weighted by Crippen LogP contribution is 2.30. The lowest BCUT2D eigenvalue weighted by Gasteiger charge is -2.10. The van der Waals surface area contributed by atoms with Gasteiger partial charge in [0.25, 0.3) is 0 Å². The molecule has 2 N–H and O–H groups in total. The van der Waals surface area contributed by atoms with E-state index in [1.165, 1.54) is 17.9 Å². The summed E-state index contributed by atoms with van der Waals surface area (Å²) < 4.78 is 1.42. The third-order valence-electron chi connectivity index (χ3n) is 3.66. The van der Waals surface area contributed by atoms with Crippen molar-refractivity contribution in [2.45, 2.75) is 20.8 Å². The van der Waals surface area contributed by atoms with Gasteiger partial charge in [0.1, 0.15) is 6.33 Å². The van der Waals surface area contributed by atoms with Crippen molar-refractivity contribution in [3.63, 3.8) is 0 Å². The van der Waals surface area contributed by atoms with Crippen molar-refractivity contribution >= 4 is 28.8 Å². The maximum absolute atomic E-state index is 11.7. The second-order valence-corrected chi connectivity index (χ2v) is 5.87. The number of hydrogen-bond donors (Lipinski definition) is 2. The minimum atomic E-state index is -0.542. The Kier molecular flexibility index (Phi) is 4.79. The zero-order valence-electron chi connectivity index (χ0n) is 14.9. The van der Waals surface area contributed by atoms with Crippen LogP contribution in [0, 0.1) is 24.0 Å². The van der Waals surface area contributed by atoms with Crippen LogP contribution in [0.5, 0.6) is 0 Å². The van der Waals surface area contributed by atoms with Crippen molar-refractivity contribution in [2.24, 2.45) is 0 Å². The molecule has 10 heteroatoms. The third-order valence-corrected chi connectivity index (χ3v) is 3.66. The average molecular weight is 367 g/mol. The van der Waals surface area contributed by atoms with Crippen molar-refractivity contribution in [3.8, 4) is 5.82 Å². The van der Waals surface area contributed by atoms with Gasteiger partial charge in [-0.2, -0.15) is 5.10 Å². The van der Waals surface area contributed by atoms with Crippen molar-refractivity contribution in [1.82, 2.24) is 19.7 Å². The molecule has 0 atom stereocenters. The Bertz CT molecular complexity index is 1010. The molecular formula is C17H17N7O3. The highest BCUT2D eigenvalue weighted by Gasteiger charge is 2.26. The first-order valence-electron chi connectivity index (χ1n) is 8.03. The number of hydrogen-bond acceptors (Lipinski definition) is 7. The molecule has 0 fully saturated rings. The smallest absolute Gasteiger partial charge is 0.334 e. The van der Waals surface area contributed by atoms with E-state index in [2.05, 4.69) is 25.7 Å². The first-order chi connectivity index (χ1) is 12.8. The molecule has 0 unspecified atom stereocenters. The molecule has 3 rings (SSSR count). The summed E-state index contributed by atoms with van der Waals surface area (Å²) in [7, 11) is 0. The molecule has 27 heavy (non-hydrogen) atoms. The van der Waals surface area contributed by atoms with E-state index < -0.39 is 4.92 Å². The number of rotatable bonds is 5. The van der Waals surface area contributed by atoms with Crippen LogP contribution in [0.25, 0.3) is 5.82 Å². The van der Waals surface area contributed by atoms with E-state index in [1.807, 2.05) is 0 Å². The molecule has 0 aliphatic rings. The number of nitro groups is 1. The Balaban J connectivity index is 1.98. The molecule has 0 saturated carbocycles. The number of carbonyl (C=O) groups excluding carboxylic acids is 1. The molecule has 2 aromatic heterocycles. The van der Waals surface area contributed by atoms with Gasteiger partial charge in [0.05, 0.1) is 10.6 Å². The summed E-state index contributed by atoms with van der Waals surface area (Å²) in [5, 5.41) is 21.5. The summed E-state index contributed by atoms with van der Waals surface area (Å²) in [5.74, 6) is -0.0560. The number of aryl methyl sites for hydroxylation is 2. The molecule has 0 saturated heterocycles. The third kappa shape index (κ3) is 3.89.